The lowest BCUT2D eigenvalue weighted by molar-refractivity contribution is 0.250. The smallest absolute Gasteiger partial charge is 0.215 e. The molecule has 0 spiro atoms. The highest BCUT2D eigenvalue weighted by Gasteiger charge is 2.24. The van der Waals surface area contributed by atoms with Crippen LogP contribution in [0.2, 0.25) is 0 Å². The number of aliphatic imine (C=N–C) groups is 1. The van der Waals surface area contributed by atoms with E-state index in [2.05, 4.69) is 29.5 Å². The molecule has 0 aromatic rings. The predicted molar refractivity (Wildman–Crippen MR) is 102 cm³/mol. The largest absolute Gasteiger partial charge is 0.355 e. The Morgan fingerprint density at radius 1 is 1.17 bits per heavy atom. The van der Waals surface area contributed by atoms with Gasteiger partial charge in [-0.2, -0.15) is 0 Å². The molecule has 1 rings (SSSR count). The molecule has 0 aromatic heterocycles. The number of hydrogen-bond acceptors (Lipinski definition) is 3. The van der Waals surface area contributed by atoms with Gasteiger partial charge in [-0.1, -0.05) is 27.7 Å². The van der Waals surface area contributed by atoms with Crippen LogP contribution in [0.5, 0.6) is 0 Å². The minimum Gasteiger partial charge on any atom is -0.355 e. The van der Waals surface area contributed by atoms with Gasteiger partial charge in [0.05, 0.1) is 5.75 Å². The second-order valence-electron chi connectivity index (χ2n) is 6.90. The second-order valence-corrected chi connectivity index (χ2v) is 8.99. The van der Waals surface area contributed by atoms with Crippen LogP contribution in [0.1, 0.15) is 53.4 Å². The molecule has 0 atom stereocenters. The van der Waals surface area contributed by atoms with E-state index in [-0.39, 0.29) is 5.75 Å². The van der Waals surface area contributed by atoms with E-state index in [1.54, 1.807) is 7.05 Å². The first kappa shape index (κ1) is 21.2. The number of nitrogens with one attached hydrogen (secondary N) is 2. The van der Waals surface area contributed by atoms with Crippen molar-refractivity contribution in [3.05, 3.63) is 0 Å². The fraction of sp³-hybridized carbons (Fsp3) is 0.941. The standard InChI is InChI=1S/C17H36N4O2S/c1-6-21(7-2)24(22,23)13-12-19-17(18-5)20-16-10-8-15(9-11-16)14(3)4/h14-16H,6-13H2,1-5H3,(H2,18,19,20). The van der Waals surface area contributed by atoms with Gasteiger partial charge >= 0.3 is 0 Å². The molecule has 0 heterocycles. The summed E-state index contributed by atoms with van der Waals surface area (Å²) >= 11 is 0. The van der Waals surface area contributed by atoms with Gasteiger partial charge in [-0.25, -0.2) is 12.7 Å². The van der Waals surface area contributed by atoms with Crippen molar-refractivity contribution in [2.24, 2.45) is 16.8 Å². The molecular formula is C17H36N4O2S. The molecule has 0 aromatic carbocycles. The van der Waals surface area contributed by atoms with Crippen molar-refractivity contribution in [2.45, 2.75) is 59.4 Å². The van der Waals surface area contributed by atoms with Gasteiger partial charge in [0.15, 0.2) is 5.96 Å². The summed E-state index contributed by atoms with van der Waals surface area (Å²) in [5.74, 6) is 2.39. The maximum Gasteiger partial charge on any atom is 0.215 e. The average Bonchev–Trinajstić information content (AvgIpc) is 2.55. The minimum atomic E-state index is -3.19. The third-order valence-corrected chi connectivity index (χ3v) is 7.05. The molecule has 24 heavy (non-hydrogen) atoms. The summed E-state index contributed by atoms with van der Waals surface area (Å²) in [5.41, 5.74) is 0. The van der Waals surface area contributed by atoms with Crippen LogP contribution in [-0.4, -0.2) is 57.2 Å². The third-order valence-electron chi connectivity index (χ3n) is 5.03. The van der Waals surface area contributed by atoms with E-state index in [1.807, 2.05) is 13.8 Å². The Bertz CT molecular complexity index is 479. The van der Waals surface area contributed by atoms with Gasteiger partial charge in [0.25, 0.3) is 0 Å². The molecule has 7 heteroatoms. The first-order valence-electron chi connectivity index (χ1n) is 9.29. The lowest BCUT2D eigenvalue weighted by Gasteiger charge is -2.32. The van der Waals surface area contributed by atoms with Crippen LogP contribution in [-0.2, 0) is 10.0 Å². The third kappa shape index (κ3) is 6.59. The summed E-state index contributed by atoms with van der Waals surface area (Å²) in [6.45, 7) is 9.74. The number of guanidine groups is 1. The predicted octanol–water partition coefficient (Wildman–Crippen LogP) is 2.04. The van der Waals surface area contributed by atoms with Crippen LogP contribution < -0.4 is 10.6 Å². The molecule has 0 bridgehead atoms. The molecule has 0 unspecified atom stereocenters. The number of sulfonamides is 1. The minimum absolute atomic E-state index is 0.0927. The summed E-state index contributed by atoms with van der Waals surface area (Å²) in [4.78, 5) is 4.23. The van der Waals surface area contributed by atoms with Gasteiger partial charge in [0.1, 0.15) is 0 Å². The Labute approximate surface area is 148 Å². The Kier molecular flexibility index (Phi) is 9.05. The van der Waals surface area contributed by atoms with E-state index in [9.17, 15) is 8.42 Å². The summed E-state index contributed by atoms with van der Waals surface area (Å²) < 4.78 is 25.9. The van der Waals surface area contributed by atoms with Gasteiger partial charge in [0.2, 0.25) is 10.0 Å². The molecule has 0 aliphatic heterocycles. The number of rotatable bonds is 8. The van der Waals surface area contributed by atoms with Crippen LogP contribution >= 0.6 is 0 Å². The molecule has 0 radical (unpaired) electrons. The van der Waals surface area contributed by atoms with Crippen molar-refractivity contribution in [2.75, 3.05) is 32.4 Å². The zero-order valence-electron chi connectivity index (χ0n) is 16.0. The van der Waals surface area contributed by atoms with E-state index >= 15 is 0 Å². The molecule has 0 saturated heterocycles. The highest BCUT2D eigenvalue weighted by Crippen LogP contribution is 2.29. The van der Waals surface area contributed by atoms with E-state index in [0.717, 1.165) is 24.7 Å². The summed E-state index contributed by atoms with van der Waals surface area (Å²) in [5, 5.41) is 6.58. The van der Waals surface area contributed by atoms with Crippen LogP contribution in [0, 0.1) is 11.8 Å². The Morgan fingerprint density at radius 2 is 1.75 bits per heavy atom. The first-order valence-corrected chi connectivity index (χ1v) is 10.9. The Morgan fingerprint density at radius 3 is 2.21 bits per heavy atom. The molecule has 2 N–H and O–H groups in total. The fourth-order valence-corrected chi connectivity index (χ4v) is 4.77. The molecule has 1 fully saturated rings. The van der Waals surface area contributed by atoms with Gasteiger partial charge in [-0.05, 0) is 37.5 Å². The van der Waals surface area contributed by atoms with Gasteiger partial charge in [-0.15, -0.1) is 0 Å². The number of nitrogens with zero attached hydrogens (tertiary/aromatic N) is 2. The zero-order valence-corrected chi connectivity index (χ0v) is 16.8. The summed E-state index contributed by atoms with van der Waals surface area (Å²) in [6, 6.07) is 0.436. The van der Waals surface area contributed by atoms with Crippen molar-refractivity contribution in [1.29, 1.82) is 0 Å². The SMILES string of the molecule is CCN(CC)S(=O)(=O)CCNC(=NC)NC1CCC(C(C)C)CC1. The topological polar surface area (TPSA) is 73.8 Å². The van der Waals surface area contributed by atoms with Crippen molar-refractivity contribution in [1.82, 2.24) is 14.9 Å². The Balaban J connectivity index is 2.39. The highest BCUT2D eigenvalue weighted by molar-refractivity contribution is 7.89. The van der Waals surface area contributed by atoms with Gasteiger partial charge < -0.3 is 10.6 Å². The lowest BCUT2D eigenvalue weighted by Crippen LogP contribution is -2.47. The zero-order chi connectivity index (χ0) is 18.2. The van der Waals surface area contributed by atoms with Crippen LogP contribution in [0.25, 0.3) is 0 Å². The first-order chi connectivity index (χ1) is 11.3. The molecule has 6 nitrogen and oxygen atoms in total. The lowest BCUT2D eigenvalue weighted by atomic mass is 9.80. The van der Waals surface area contributed by atoms with Crippen LogP contribution in [0.4, 0.5) is 0 Å². The van der Waals surface area contributed by atoms with Crippen molar-refractivity contribution in [3.63, 3.8) is 0 Å². The fourth-order valence-electron chi connectivity index (χ4n) is 3.36. The van der Waals surface area contributed by atoms with Gasteiger partial charge in [0, 0.05) is 32.7 Å². The Hall–Kier alpha value is -0.820. The summed E-state index contributed by atoms with van der Waals surface area (Å²) in [7, 11) is -1.46. The molecule has 1 saturated carbocycles. The second kappa shape index (κ2) is 10.2. The summed E-state index contributed by atoms with van der Waals surface area (Å²) in [6.07, 6.45) is 4.81. The van der Waals surface area contributed by atoms with Crippen molar-refractivity contribution in [3.8, 4) is 0 Å². The van der Waals surface area contributed by atoms with Crippen LogP contribution in [0.3, 0.4) is 0 Å². The molecule has 0 amide bonds. The van der Waals surface area contributed by atoms with Crippen molar-refractivity contribution < 1.29 is 8.42 Å². The highest BCUT2D eigenvalue weighted by atomic mass is 32.2. The van der Waals surface area contributed by atoms with E-state index in [1.165, 1.54) is 17.1 Å². The van der Waals surface area contributed by atoms with E-state index in [0.29, 0.717) is 31.6 Å². The van der Waals surface area contributed by atoms with E-state index < -0.39 is 10.0 Å². The maximum atomic E-state index is 12.2. The van der Waals surface area contributed by atoms with Crippen LogP contribution in [0.15, 0.2) is 4.99 Å². The molecule has 1 aliphatic carbocycles. The number of hydrogen-bond donors (Lipinski definition) is 2. The molecule has 142 valence electrons. The monoisotopic (exact) mass is 360 g/mol. The normalized spacial score (nSPS) is 22.9. The van der Waals surface area contributed by atoms with Gasteiger partial charge in [-0.3, -0.25) is 4.99 Å². The van der Waals surface area contributed by atoms with Crippen molar-refractivity contribution >= 4 is 16.0 Å². The quantitative estimate of drug-likeness (QED) is 0.513. The molecule has 1 aliphatic rings. The maximum absolute atomic E-state index is 12.2. The van der Waals surface area contributed by atoms with E-state index in [4.69, 9.17) is 0 Å². The molecular weight excluding hydrogens is 324 g/mol. The average molecular weight is 361 g/mol.